The molecule has 0 unspecified atom stereocenters. The Balaban J connectivity index is 1.62. The molecule has 2 heterocycles. The van der Waals surface area contributed by atoms with Gasteiger partial charge in [-0.25, -0.2) is 9.37 Å². The Morgan fingerprint density at radius 3 is 2.88 bits per heavy atom. The monoisotopic (exact) mass is 467 g/mol. The first-order chi connectivity index (χ1) is 16.4. The maximum absolute atomic E-state index is 13.6. The number of nitrogens with zero attached hydrogens (tertiary/aromatic N) is 3. The Morgan fingerprint density at radius 1 is 1.35 bits per heavy atom. The average molecular weight is 468 g/mol. The molecule has 2 aromatic rings. The van der Waals surface area contributed by atoms with Gasteiger partial charge < -0.3 is 14.7 Å². The molecule has 34 heavy (non-hydrogen) atoms. The first-order valence-electron chi connectivity index (χ1n) is 12.1. The van der Waals surface area contributed by atoms with Crippen LogP contribution >= 0.6 is 0 Å². The highest BCUT2D eigenvalue weighted by molar-refractivity contribution is 5.97. The van der Waals surface area contributed by atoms with Crippen LogP contribution in [0.3, 0.4) is 0 Å². The van der Waals surface area contributed by atoms with E-state index in [9.17, 15) is 14.3 Å². The van der Waals surface area contributed by atoms with Crippen molar-refractivity contribution in [3.8, 4) is 5.88 Å². The van der Waals surface area contributed by atoms with Crippen LogP contribution in [0.4, 0.5) is 4.39 Å². The molecule has 6 nitrogen and oxygen atoms in total. The van der Waals surface area contributed by atoms with Gasteiger partial charge in [-0.3, -0.25) is 9.69 Å². The number of carbonyl (C=O) groups is 1. The summed E-state index contributed by atoms with van der Waals surface area (Å²) in [5, 5.41) is 9.84. The van der Waals surface area contributed by atoms with Crippen LogP contribution in [0, 0.1) is 11.7 Å². The topological polar surface area (TPSA) is 65.9 Å². The van der Waals surface area contributed by atoms with Crippen LogP contribution in [0.25, 0.3) is 5.57 Å². The van der Waals surface area contributed by atoms with Gasteiger partial charge in [0.15, 0.2) is 0 Å². The van der Waals surface area contributed by atoms with Gasteiger partial charge in [-0.15, -0.1) is 0 Å². The molecule has 3 atom stereocenters. The number of aromatic nitrogens is 1. The fourth-order valence-corrected chi connectivity index (χ4v) is 4.75. The molecule has 1 aromatic carbocycles. The van der Waals surface area contributed by atoms with Crippen molar-refractivity contribution in [1.82, 2.24) is 14.8 Å². The van der Waals surface area contributed by atoms with Crippen LogP contribution in [-0.2, 0) is 6.54 Å². The summed E-state index contributed by atoms with van der Waals surface area (Å²) in [7, 11) is 1.98. The number of amides is 1. The summed E-state index contributed by atoms with van der Waals surface area (Å²) in [5.41, 5.74) is 3.50. The zero-order valence-electron chi connectivity index (χ0n) is 20.2. The average Bonchev–Trinajstić information content (AvgIpc) is 3.35. The normalized spacial score (nSPS) is 21.5. The predicted octanol–water partition coefficient (Wildman–Crippen LogP) is 4.14. The van der Waals surface area contributed by atoms with E-state index in [4.69, 9.17) is 4.74 Å². The first-order valence-corrected chi connectivity index (χ1v) is 12.1. The second-order valence-electron chi connectivity index (χ2n) is 9.65. The zero-order valence-corrected chi connectivity index (χ0v) is 20.2. The molecule has 0 fully saturated rings. The van der Waals surface area contributed by atoms with Crippen LogP contribution in [0.15, 0.2) is 42.6 Å². The Bertz CT molecular complexity index is 1060. The summed E-state index contributed by atoms with van der Waals surface area (Å²) < 4.78 is 20.0. The molecule has 1 aliphatic carbocycles. The smallest absolute Gasteiger partial charge is 0.259 e. The summed E-state index contributed by atoms with van der Waals surface area (Å²) in [5.74, 6) is -0.0823. The quantitative estimate of drug-likeness (QED) is 0.663. The first kappa shape index (κ1) is 24.4. The highest BCUT2D eigenvalue weighted by Gasteiger charge is 2.34. The molecule has 1 N–H and O–H groups in total. The van der Waals surface area contributed by atoms with Crippen LogP contribution in [0.2, 0.25) is 0 Å². The van der Waals surface area contributed by atoms with Crippen molar-refractivity contribution >= 4 is 11.5 Å². The van der Waals surface area contributed by atoms with E-state index in [1.165, 1.54) is 11.6 Å². The SMILES string of the molecule is C[C@@H]1CN([C@H](C)CO)C(=O)c2cc(C3=CCCC3)cnc2O[C@H]1CN(C)Cc1cccc(F)c1. The standard InChI is InChI=1S/C27H34FN3O3/c1-18-14-31(19(2)17-32)27(33)24-12-22(21-8-4-5-9-21)13-29-26(24)34-25(18)16-30(3)15-20-7-6-10-23(28)11-20/h6-8,10-13,18-19,25,32H,4-5,9,14-17H2,1-3H3/t18-,19-,25+/m1/s1. The minimum Gasteiger partial charge on any atom is -0.472 e. The maximum Gasteiger partial charge on any atom is 0.259 e. The van der Waals surface area contributed by atoms with E-state index in [0.717, 1.165) is 30.4 Å². The van der Waals surface area contributed by atoms with E-state index < -0.39 is 0 Å². The Kier molecular flexibility index (Phi) is 7.63. The molecular formula is C27H34FN3O3. The third kappa shape index (κ3) is 5.47. The van der Waals surface area contributed by atoms with E-state index in [2.05, 4.69) is 16.0 Å². The lowest BCUT2D eigenvalue weighted by atomic mass is 9.99. The summed E-state index contributed by atoms with van der Waals surface area (Å²) in [6.45, 7) is 5.42. The third-order valence-corrected chi connectivity index (χ3v) is 6.77. The maximum atomic E-state index is 13.6. The lowest BCUT2D eigenvalue weighted by molar-refractivity contribution is 0.0325. The lowest BCUT2D eigenvalue weighted by Gasteiger charge is -2.37. The highest BCUT2D eigenvalue weighted by atomic mass is 19.1. The molecule has 1 amide bonds. The summed E-state index contributed by atoms with van der Waals surface area (Å²) >= 11 is 0. The minimum atomic E-state index is -0.319. The second-order valence-corrected chi connectivity index (χ2v) is 9.65. The van der Waals surface area contributed by atoms with Crippen molar-refractivity contribution in [2.75, 3.05) is 26.7 Å². The minimum absolute atomic E-state index is 0.0000708. The Morgan fingerprint density at radius 2 is 2.18 bits per heavy atom. The van der Waals surface area contributed by atoms with Gasteiger partial charge in [-0.1, -0.05) is 25.1 Å². The third-order valence-electron chi connectivity index (χ3n) is 6.77. The number of halogens is 1. The fourth-order valence-electron chi connectivity index (χ4n) is 4.75. The van der Waals surface area contributed by atoms with Crippen LogP contribution in [-0.4, -0.2) is 64.7 Å². The van der Waals surface area contributed by atoms with Gasteiger partial charge in [0.1, 0.15) is 17.5 Å². The number of fused-ring (bicyclic) bond motifs is 1. The number of aliphatic hydroxyl groups is 1. The molecule has 4 rings (SSSR count). The zero-order chi connectivity index (χ0) is 24.2. The van der Waals surface area contributed by atoms with Gasteiger partial charge in [0.05, 0.1) is 12.6 Å². The van der Waals surface area contributed by atoms with Crippen molar-refractivity contribution in [3.63, 3.8) is 0 Å². The van der Waals surface area contributed by atoms with Crippen molar-refractivity contribution < 1.29 is 19.0 Å². The fraction of sp³-hybridized carbons (Fsp3) is 0.481. The number of hydrogen-bond donors (Lipinski definition) is 1. The van der Waals surface area contributed by atoms with Crippen molar-refractivity contribution in [1.29, 1.82) is 0 Å². The van der Waals surface area contributed by atoms with Gasteiger partial charge in [-0.05, 0) is 68.1 Å². The number of rotatable bonds is 7. The van der Waals surface area contributed by atoms with Gasteiger partial charge in [0, 0.05) is 31.7 Å². The number of likely N-dealkylation sites (N-methyl/N-ethyl adjacent to an activating group) is 1. The highest BCUT2D eigenvalue weighted by Crippen LogP contribution is 2.32. The Labute approximate surface area is 201 Å². The summed E-state index contributed by atoms with van der Waals surface area (Å²) in [6.07, 6.45) is 6.91. The molecule has 0 saturated heterocycles. The number of hydrogen-bond acceptors (Lipinski definition) is 5. The largest absolute Gasteiger partial charge is 0.472 e. The molecule has 0 saturated carbocycles. The van der Waals surface area contributed by atoms with E-state index in [1.807, 2.05) is 33.0 Å². The number of pyridine rings is 1. The number of ether oxygens (including phenoxy) is 1. The molecule has 7 heteroatoms. The van der Waals surface area contributed by atoms with Gasteiger partial charge in [-0.2, -0.15) is 0 Å². The van der Waals surface area contributed by atoms with Gasteiger partial charge >= 0.3 is 0 Å². The van der Waals surface area contributed by atoms with Gasteiger partial charge in [0.25, 0.3) is 5.91 Å². The van der Waals surface area contributed by atoms with E-state index in [1.54, 1.807) is 23.2 Å². The van der Waals surface area contributed by atoms with Crippen LogP contribution < -0.4 is 4.74 Å². The Hall–Kier alpha value is -2.77. The molecule has 1 aliphatic heterocycles. The molecule has 2 aliphatic rings. The molecule has 0 radical (unpaired) electrons. The lowest BCUT2D eigenvalue weighted by Crippen LogP contribution is -2.49. The molecule has 0 bridgehead atoms. The van der Waals surface area contributed by atoms with Crippen molar-refractivity contribution in [2.45, 2.75) is 51.8 Å². The predicted molar refractivity (Wildman–Crippen MR) is 130 cm³/mol. The number of carbonyl (C=O) groups excluding carboxylic acids is 1. The van der Waals surface area contributed by atoms with Crippen molar-refractivity contribution in [3.05, 3.63) is 65.1 Å². The number of aliphatic hydroxyl groups excluding tert-OH is 1. The molecular weight excluding hydrogens is 433 g/mol. The summed E-state index contributed by atoms with van der Waals surface area (Å²) in [4.78, 5) is 21.9. The van der Waals surface area contributed by atoms with E-state index >= 15 is 0 Å². The van der Waals surface area contributed by atoms with E-state index in [0.29, 0.717) is 31.1 Å². The second kappa shape index (κ2) is 10.7. The molecule has 182 valence electrons. The number of benzene rings is 1. The molecule has 0 spiro atoms. The number of allylic oxidation sites excluding steroid dienone is 2. The van der Waals surface area contributed by atoms with E-state index in [-0.39, 0.29) is 36.4 Å². The van der Waals surface area contributed by atoms with Crippen LogP contribution in [0.5, 0.6) is 5.88 Å². The van der Waals surface area contributed by atoms with Crippen molar-refractivity contribution in [2.24, 2.45) is 5.92 Å². The van der Waals surface area contributed by atoms with Crippen LogP contribution in [0.1, 0.15) is 54.6 Å². The van der Waals surface area contributed by atoms with Gasteiger partial charge in [0.2, 0.25) is 5.88 Å². The molecule has 1 aromatic heterocycles. The summed E-state index contributed by atoms with van der Waals surface area (Å²) in [6, 6.07) is 8.17.